The van der Waals surface area contributed by atoms with Crippen LogP contribution in [-0.4, -0.2) is 36.2 Å². The Morgan fingerprint density at radius 1 is 1.50 bits per heavy atom. The molecule has 3 heterocycles. The maximum Gasteiger partial charge on any atom is 0.410 e. The van der Waals surface area contributed by atoms with Crippen molar-refractivity contribution >= 4 is 6.09 Å². The van der Waals surface area contributed by atoms with Gasteiger partial charge in [0.05, 0.1) is 11.8 Å². The summed E-state index contributed by atoms with van der Waals surface area (Å²) in [4.78, 5) is 14.0. The van der Waals surface area contributed by atoms with Crippen molar-refractivity contribution in [3.8, 4) is 0 Å². The van der Waals surface area contributed by atoms with Gasteiger partial charge in [0.2, 0.25) is 0 Å². The summed E-state index contributed by atoms with van der Waals surface area (Å²) in [7, 11) is 0. The number of nitrogens with one attached hydrogen (secondary N) is 1. The predicted octanol–water partition coefficient (Wildman–Crippen LogP) is 2.26. The summed E-state index contributed by atoms with van der Waals surface area (Å²) in [6, 6.07) is 2.03. The van der Waals surface area contributed by atoms with E-state index in [1.54, 1.807) is 11.2 Å². The van der Waals surface area contributed by atoms with E-state index in [9.17, 15) is 4.79 Å². The molecule has 1 N–H and O–H groups in total. The molecular weight excluding hydrogens is 256 g/mol. The van der Waals surface area contributed by atoms with E-state index < -0.39 is 5.60 Å². The molecule has 0 bridgehead atoms. The van der Waals surface area contributed by atoms with Crippen molar-refractivity contribution in [3.63, 3.8) is 0 Å². The fraction of sp³-hybridized carbons (Fsp3) is 0.667. The molecule has 5 nitrogen and oxygen atoms in total. The van der Waals surface area contributed by atoms with Gasteiger partial charge >= 0.3 is 6.09 Å². The van der Waals surface area contributed by atoms with Crippen LogP contribution in [-0.2, 0) is 16.7 Å². The molecule has 1 fully saturated rings. The Bertz CT molecular complexity index is 517. The Morgan fingerprint density at radius 3 is 3.05 bits per heavy atom. The molecule has 0 aliphatic carbocycles. The standard InChI is InChI=1S/C15H22N2O3/c1-14(2,3)20-13(18)17-8-6-15(10-17)11-5-9-19-12(11)4-7-16-15/h5,9,16H,4,6-8,10H2,1-3H3. The van der Waals surface area contributed by atoms with E-state index in [1.807, 2.05) is 26.8 Å². The van der Waals surface area contributed by atoms with Crippen LogP contribution in [0.3, 0.4) is 0 Å². The van der Waals surface area contributed by atoms with Crippen LogP contribution in [0, 0.1) is 0 Å². The molecule has 110 valence electrons. The minimum absolute atomic E-state index is 0.155. The van der Waals surface area contributed by atoms with E-state index in [2.05, 4.69) is 5.32 Å². The molecule has 1 amide bonds. The average molecular weight is 278 g/mol. The molecule has 1 aromatic rings. The number of nitrogens with zero attached hydrogens (tertiary/aromatic N) is 1. The molecule has 0 radical (unpaired) electrons. The van der Waals surface area contributed by atoms with E-state index in [4.69, 9.17) is 9.15 Å². The zero-order chi connectivity index (χ0) is 14.4. The first-order chi connectivity index (χ1) is 9.40. The van der Waals surface area contributed by atoms with Crippen molar-refractivity contribution < 1.29 is 13.9 Å². The summed E-state index contributed by atoms with van der Waals surface area (Å²) in [5, 5.41) is 3.58. The van der Waals surface area contributed by atoms with Gasteiger partial charge in [-0.05, 0) is 33.3 Å². The van der Waals surface area contributed by atoms with Crippen LogP contribution >= 0.6 is 0 Å². The monoisotopic (exact) mass is 278 g/mol. The lowest BCUT2D eigenvalue weighted by Gasteiger charge is -2.34. The third-order valence-electron chi connectivity index (χ3n) is 4.00. The molecule has 3 rings (SSSR count). The maximum atomic E-state index is 12.2. The van der Waals surface area contributed by atoms with Crippen LogP contribution in [0.25, 0.3) is 0 Å². The number of amides is 1. The normalized spacial score (nSPS) is 25.9. The average Bonchev–Trinajstić information content (AvgIpc) is 2.95. The third kappa shape index (κ3) is 2.30. The van der Waals surface area contributed by atoms with Gasteiger partial charge in [0.25, 0.3) is 0 Å². The fourth-order valence-corrected chi connectivity index (χ4v) is 3.13. The van der Waals surface area contributed by atoms with E-state index >= 15 is 0 Å². The lowest BCUT2D eigenvalue weighted by Crippen LogP contribution is -2.49. The van der Waals surface area contributed by atoms with Crippen molar-refractivity contribution in [2.24, 2.45) is 0 Å². The number of hydrogen-bond donors (Lipinski definition) is 1. The molecule has 2 aliphatic rings. The van der Waals surface area contributed by atoms with Crippen molar-refractivity contribution in [2.45, 2.75) is 44.8 Å². The van der Waals surface area contributed by atoms with Crippen LogP contribution in [0.5, 0.6) is 0 Å². The minimum atomic E-state index is -0.451. The number of rotatable bonds is 0. The van der Waals surface area contributed by atoms with Gasteiger partial charge in [-0.25, -0.2) is 4.79 Å². The van der Waals surface area contributed by atoms with Crippen molar-refractivity contribution in [1.82, 2.24) is 10.2 Å². The zero-order valence-corrected chi connectivity index (χ0v) is 12.4. The van der Waals surface area contributed by atoms with Crippen LogP contribution in [0.2, 0.25) is 0 Å². The second-order valence-electron chi connectivity index (χ2n) is 6.67. The Balaban J connectivity index is 1.76. The van der Waals surface area contributed by atoms with Crippen LogP contribution in [0.4, 0.5) is 4.79 Å². The minimum Gasteiger partial charge on any atom is -0.469 e. The molecule has 2 aliphatic heterocycles. The van der Waals surface area contributed by atoms with Crippen LogP contribution in [0.1, 0.15) is 38.5 Å². The fourth-order valence-electron chi connectivity index (χ4n) is 3.13. The third-order valence-corrected chi connectivity index (χ3v) is 4.00. The van der Waals surface area contributed by atoms with Crippen LogP contribution in [0.15, 0.2) is 16.7 Å². The van der Waals surface area contributed by atoms with Crippen molar-refractivity contribution in [2.75, 3.05) is 19.6 Å². The number of fused-ring (bicyclic) bond motifs is 2. The number of hydrogen-bond acceptors (Lipinski definition) is 4. The largest absolute Gasteiger partial charge is 0.469 e. The molecule has 1 aromatic heterocycles. The predicted molar refractivity (Wildman–Crippen MR) is 74.5 cm³/mol. The Morgan fingerprint density at radius 2 is 2.30 bits per heavy atom. The number of carbonyl (C=O) groups excluding carboxylic acids is 1. The van der Waals surface area contributed by atoms with Crippen molar-refractivity contribution in [3.05, 3.63) is 23.7 Å². The number of likely N-dealkylation sites (tertiary alicyclic amines) is 1. The van der Waals surface area contributed by atoms with E-state index in [0.717, 1.165) is 25.1 Å². The number of ether oxygens (including phenoxy) is 1. The summed E-state index contributed by atoms with van der Waals surface area (Å²) < 4.78 is 11.0. The molecule has 1 saturated heterocycles. The molecular formula is C15H22N2O3. The maximum absolute atomic E-state index is 12.2. The Labute approximate surface area is 119 Å². The van der Waals surface area contributed by atoms with Gasteiger partial charge in [-0.2, -0.15) is 0 Å². The molecule has 5 heteroatoms. The number of carbonyl (C=O) groups is 1. The summed E-state index contributed by atoms with van der Waals surface area (Å²) >= 11 is 0. The highest BCUT2D eigenvalue weighted by atomic mass is 16.6. The quantitative estimate of drug-likeness (QED) is 0.791. The second-order valence-corrected chi connectivity index (χ2v) is 6.67. The summed E-state index contributed by atoms with van der Waals surface area (Å²) in [5.74, 6) is 1.05. The van der Waals surface area contributed by atoms with Gasteiger partial charge in [-0.15, -0.1) is 0 Å². The molecule has 20 heavy (non-hydrogen) atoms. The first kappa shape index (κ1) is 13.5. The Hall–Kier alpha value is -1.49. The zero-order valence-electron chi connectivity index (χ0n) is 12.4. The first-order valence-corrected chi connectivity index (χ1v) is 7.19. The van der Waals surface area contributed by atoms with Gasteiger partial charge in [0.1, 0.15) is 11.4 Å². The molecule has 0 aromatic carbocycles. The topological polar surface area (TPSA) is 54.7 Å². The van der Waals surface area contributed by atoms with Gasteiger partial charge < -0.3 is 19.4 Å². The smallest absolute Gasteiger partial charge is 0.410 e. The van der Waals surface area contributed by atoms with Crippen LogP contribution < -0.4 is 5.32 Å². The lowest BCUT2D eigenvalue weighted by atomic mass is 9.85. The molecule has 1 atom stereocenters. The lowest BCUT2D eigenvalue weighted by molar-refractivity contribution is 0.0279. The van der Waals surface area contributed by atoms with Gasteiger partial charge in [-0.1, -0.05) is 0 Å². The summed E-state index contributed by atoms with van der Waals surface area (Å²) in [5.41, 5.74) is 0.597. The first-order valence-electron chi connectivity index (χ1n) is 7.19. The van der Waals surface area contributed by atoms with E-state index in [0.29, 0.717) is 13.1 Å². The van der Waals surface area contributed by atoms with Gasteiger partial charge in [0.15, 0.2) is 0 Å². The highest BCUT2D eigenvalue weighted by Crippen LogP contribution is 2.37. The Kier molecular flexibility index (Phi) is 3.05. The second kappa shape index (κ2) is 4.52. The molecule has 1 unspecified atom stereocenters. The highest BCUT2D eigenvalue weighted by Gasteiger charge is 2.45. The summed E-state index contributed by atoms with van der Waals surface area (Å²) in [6.07, 6.45) is 3.33. The van der Waals surface area contributed by atoms with Gasteiger partial charge in [0, 0.05) is 31.6 Å². The van der Waals surface area contributed by atoms with Gasteiger partial charge in [-0.3, -0.25) is 0 Å². The molecule has 1 spiro atoms. The number of furan rings is 1. The molecule has 0 saturated carbocycles. The summed E-state index contributed by atoms with van der Waals surface area (Å²) in [6.45, 7) is 7.93. The SMILES string of the molecule is CC(C)(C)OC(=O)N1CCC2(C1)NCCc1occc12. The van der Waals surface area contributed by atoms with E-state index in [-0.39, 0.29) is 11.6 Å². The van der Waals surface area contributed by atoms with E-state index in [1.165, 1.54) is 5.56 Å². The highest BCUT2D eigenvalue weighted by molar-refractivity contribution is 5.69. The van der Waals surface area contributed by atoms with Crippen molar-refractivity contribution in [1.29, 1.82) is 0 Å².